The molecule has 118 valence electrons. The molecule has 0 spiro atoms. The van der Waals surface area contributed by atoms with Crippen LogP contribution in [0.5, 0.6) is 0 Å². The van der Waals surface area contributed by atoms with Crippen molar-refractivity contribution in [3.05, 3.63) is 48.0 Å². The molecule has 1 heterocycles. The summed E-state index contributed by atoms with van der Waals surface area (Å²) in [4.78, 5) is 14.6. The van der Waals surface area contributed by atoms with Gasteiger partial charge in [0.15, 0.2) is 0 Å². The zero-order valence-electron chi connectivity index (χ0n) is 13.3. The lowest BCUT2D eigenvalue weighted by molar-refractivity contribution is 0.0895. The lowest BCUT2D eigenvalue weighted by Crippen LogP contribution is -2.50. The molecule has 0 bridgehead atoms. The molecule has 23 heavy (non-hydrogen) atoms. The fraction of sp³-hybridized carbons (Fsp3) is 0.368. The number of piperidine rings is 1. The number of amides is 1. The summed E-state index contributed by atoms with van der Waals surface area (Å²) in [7, 11) is 0. The van der Waals surface area contributed by atoms with Crippen LogP contribution in [0.3, 0.4) is 0 Å². The Hall–Kier alpha value is -2.38. The predicted octanol–water partition coefficient (Wildman–Crippen LogP) is 2.95. The molecule has 4 nitrogen and oxygen atoms in total. The number of benzene rings is 2. The highest BCUT2D eigenvalue weighted by Crippen LogP contribution is 2.17. The van der Waals surface area contributed by atoms with Crippen molar-refractivity contribution < 1.29 is 4.79 Å². The molecule has 2 atom stereocenters. The van der Waals surface area contributed by atoms with Crippen LogP contribution in [-0.4, -0.2) is 36.0 Å². The van der Waals surface area contributed by atoms with Gasteiger partial charge in [0.05, 0.1) is 12.1 Å². The van der Waals surface area contributed by atoms with E-state index < -0.39 is 0 Å². The van der Waals surface area contributed by atoms with Crippen LogP contribution in [0.4, 0.5) is 0 Å². The van der Waals surface area contributed by atoms with E-state index in [0.717, 1.165) is 36.7 Å². The van der Waals surface area contributed by atoms with Crippen LogP contribution in [0.1, 0.15) is 30.1 Å². The molecule has 1 N–H and O–H groups in total. The molecule has 0 radical (unpaired) electrons. The molecule has 0 unspecified atom stereocenters. The van der Waals surface area contributed by atoms with Gasteiger partial charge in [-0.3, -0.25) is 9.69 Å². The van der Waals surface area contributed by atoms with Gasteiger partial charge in [0.1, 0.15) is 0 Å². The molecule has 0 saturated carbocycles. The second-order valence-corrected chi connectivity index (χ2v) is 6.17. The summed E-state index contributed by atoms with van der Waals surface area (Å²) in [5, 5.41) is 14.4. The van der Waals surface area contributed by atoms with Gasteiger partial charge in [-0.05, 0) is 49.2 Å². The zero-order valence-corrected chi connectivity index (χ0v) is 13.3. The molecule has 1 aliphatic heterocycles. The fourth-order valence-electron chi connectivity index (χ4n) is 3.16. The van der Waals surface area contributed by atoms with Crippen molar-refractivity contribution in [1.82, 2.24) is 10.2 Å². The minimum Gasteiger partial charge on any atom is -0.348 e. The average Bonchev–Trinajstić information content (AvgIpc) is 2.60. The van der Waals surface area contributed by atoms with Crippen LogP contribution in [0.25, 0.3) is 10.8 Å². The highest BCUT2D eigenvalue weighted by atomic mass is 16.1. The van der Waals surface area contributed by atoms with Crippen LogP contribution in [0.15, 0.2) is 42.5 Å². The van der Waals surface area contributed by atoms with Gasteiger partial charge in [-0.25, -0.2) is 0 Å². The highest BCUT2D eigenvalue weighted by molar-refractivity contribution is 5.98. The third-order valence-corrected chi connectivity index (χ3v) is 4.53. The SMILES string of the molecule is C[C@@H](C#N)N1CCC[C@@H](NC(=O)c2ccc3ccccc3c2)C1. The van der Waals surface area contributed by atoms with Crippen molar-refractivity contribution in [3.63, 3.8) is 0 Å². The smallest absolute Gasteiger partial charge is 0.251 e. The highest BCUT2D eigenvalue weighted by Gasteiger charge is 2.24. The summed E-state index contributed by atoms with van der Waals surface area (Å²) in [6.45, 7) is 3.58. The van der Waals surface area contributed by atoms with Gasteiger partial charge >= 0.3 is 0 Å². The van der Waals surface area contributed by atoms with E-state index >= 15 is 0 Å². The summed E-state index contributed by atoms with van der Waals surface area (Å²) in [5.74, 6) is -0.0350. The number of nitrogens with zero attached hydrogens (tertiary/aromatic N) is 2. The van der Waals surface area contributed by atoms with Gasteiger partial charge < -0.3 is 5.32 Å². The number of hydrogen-bond donors (Lipinski definition) is 1. The Bertz CT molecular complexity index is 750. The van der Waals surface area contributed by atoms with Gasteiger partial charge in [0.2, 0.25) is 0 Å². The number of likely N-dealkylation sites (tertiary alicyclic amines) is 1. The Morgan fingerprint density at radius 2 is 2.09 bits per heavy atom. The number of nitrogens with one attached hydrogen (secondary N) is 1. The van der Waals surface area contributed by atoms with Gasteiger partial charge in [-0.1, -0.05) is 30.3 Å². The Morgan fingerprint density at radius 1 is 1.30 bits per heavy atom. The number of nitriles is 1. The first-order chi connectivity index (χ1) is 11.2. The quantitative estimate of drug-likeness (QED) is 0.948. The molecule has 2 aromatic carbocycles. The van der Waals surface area contributed by atoms with Crippen LogP contribution in [-0.2, 0) is 0 Å². The molecule has 1 amide bonds. The molecular weight excluding hydrogens is 286 g/mol. The third-order valence-electron chi connectivity index (χ3n) is 4.53. The van der Waals surface area contributed by atoms with Crippen molar-refractivity contribution in [2.75, 3.05) is 13.1 Å². The summed E-state index contributed by atoms with van der Waals surface area (Å²) in [6, 6.07) is 16.1. The molecule has 0 aliphatic carbocycles. The number of rotatable bonds is 3. The molecule has 3 rings (SSSR count). The number of carbonyl (C=O) groups is 1. The van der Waals surface area contributed by atoms with Crippen LogP contribution < -0.4 is 5.32 Å². The molecule has 0 aromatic heterocycles. The molecule has 4 heteroatoms. The largest absolute Gasteiger partial charge is 0.348 e. The van der Waals surface area contributed by atoms with E-state index in [2.05, 4.69) is 16.3 Å². The lowest BCUT2D eigenvalue weighted by Gasteiger charge is -2.34. The summed E-state index contributed by atoms with van der Waals surface area (Å²) >= 11 is 0. The van der Waals surface area contributed by atoms with Crippen LogP contribution in [0.2, 0.25) is 0 Å². The maximum atomic E-state index is 12.5. The van der Waals surface area contributed by atoms with Crippen LogP contribution >= 0.6 is 0 Å². The van der Waals surface area contributed by atoms with E-state index in [4.69, 9.17) is 5.26 Å². The maximum Gasteiger partial charge on any atom is 0.251 e. The zero-order chi connectivity index (χ0) is 16.2. The summed E-state index contributed by atoms with van der Waals surface area (Å²) in [6.07, 6.45) is 1.97. The number of hydrogen-bond acceptors (Lipinski definition) is 3. The van der Waals surface area contributed by atoms with Crippen molar-refractivity contribution in [1.29, 1.82) is 5.26 Å². The second-order valence-electron chi connectivity index (χ2n) is 6.17. The van der Waals surface area contributed by atoms with Crippen molar-refractivity contribution in [3.8, 4) is 6.07 Å². The van der Waals surface area contributed by atoms with E-state index in [9.17, 15) is 4.79 Å². The predicted molar refractivity (Wildman–Crippen MR) is 91.1 cm³/mol. The maximum absolute atomic E-state index is 12.5. The monoisotopic (exact) mass is 307 g/mol. The van der Waals surface area contributed by atoms with E-state index in [-0.39, 0.29) is 18.0 Å². The topological polar surface area (TPSA) is 56.1 Å². The second kappa shape index (κ2) is 6.80. The van der Waals surface area contributed by atoms with Gasteiger partial charge in [0.25, 0.3) is 5.91 Å². The summed E-state index contributed by atoms with van der Waals surface area (Å²) < 4.78 is 0. The van der Waals surface area contributed by atoms with Crippen molar-refractivity contribution >= 4 is 16.7 Å². The Balaban J connectivity index is 1.69. The Morgan fingerprint density at radius 3 is 2.87 bits per heavy atom. The first-order valence-electron chi connectivity index (χ1n) is 8.10. The van der Waals surface area contributed by atoms with E-state index in [1.165, 1.54) is 0 Å². The molecule has 1 fully saturated rings. The van der Waals surface area contributed by atoms with Crippen molar-refractivity contribution in [2.24, 2.45) is 0 Å². The average molecular weight is 307 g/mol. The molecular formula is C19H21N3O. The Kier molecular flexibility index (Phi) is 4.59. The van der Waals surface area contributed by atoms with Gasteiger partial charge in [0, 0.05) is 18.2 Å². The number of carbonyl (C=O) groups excluding carboxylic acids is 1. The van der Waals surface area contributed by atoms with E-state index in [1.807, 2.05) is 49.4 Å². The first kappa shape index (κ1) is 15.5. The Labute approximate surface area is 136 Å². The number of fused-ring (bicyclic) bond motifs is 1. The minimum atomic E-state index is -0.102. The van der Waals surface area contributed by atoms with Crippen molar-refractivity contribution in [2.45, 2.75) is 31.8 Å². The minimum absolute atomic E-state index is 0.0350. The van der Waals surface area contributed by atoms with E-state index in [1.54, 1.807) is 0 Å². The van der Waals surface area contributed by atoms with Gasteiger partial charge in [-0.15, -0.1) is 0 Å². The fourth-order valence-corrected chi connectivity index (χ4v) is 3.16. The first-order valence-corrected chi connectivity index (χ1v) is 8.10. The molecule has 2 aromatic rings. The lowest BCUT2D eigenvalue weighted by atomic mass is 10.0. The normalized spacial score (nSPS) is 19.9. The molecule has 1 saturated heterocycles. The third kappa shape index (κ3) is 3.52. The van der Waals surface area contributed by atoms with E-state index in [0.29, 0.717) is 5.56 Å². The van der Waals surface area contributed by atoms with Gasteiger partial charge in [-0.2, -0.15) is 5.26 Å². The summed E-state index contributed by atoms with van der Waals surface area (Å²) in [5.41, 5.74) is 0.689. The molecule has 1 aliphatic rings. The standard InChI is InChI=1S/C19H21N3O/c1-14(12-20)22-10-4-7-18(13-22)21-19(23)17-9-8-15-5-2-3-6-16(15)11-17/h2-3,5-6,8-9,11,14,18H,4,7,10,13H2,1H3,(H,21,23)/t14-,18+/m0/s1. The van der Waals surface area contributed by atoms with Crippen LogP contribution in [0, 0.1) is 11.3 Å².